The number of nitrogens with one attached hydrogen (secondary N) is 1. The first-order valence-electron chi connectivity index (χ1n) is 5.94. The fraction of sp³-hybridized carbons (Fsp3) is 0.429. The van der Waals surface area contributed by atoms with Gasteiger partial charge in [0.1, 0.15) is 5.75 Å². The summed E-state index contributed by atoms with van der Waals surface area (Å²) in [6, 6.07) is 8.68. The Morgan fingerprint density at radius 1 is 1.38 bits per heavy atom. The van der Waals surface area contributed by atoms with Gasteiger partial charge in [-0.15, -0.1) is 0 Å². The molecule has 0 aromatic heterocycles. The molecule has 1 aliphatic heterocycles. The van der Waals surface area contributed by atoms with Crippen LogP contribution in [0.4, 0.5) is 0 Å². The maximum atomic E-state index is 5.20. The second-order valence-electron chi connectivity index (χ2n) is 4.19. The Morgan fingerprint density at radius 3 is 3.06 bits per heavy atom. The molecule has 0 spiro atoms. The zero-order chi connectivity index (χ0) is 11.2. The van der Waals surface area contributed by atoms with E-state index in [1.54, 1.807) is 7.11 Å². The molecule has 1 aromatic carbocycles. The largest absolute Gasteiger partial charge is 0.497 e. The van der Waals surface area contributed by atoms with Gasteiger partial charge in [-0.3, -0.25) is 0 Å². The molecule has 1 heterocycles. The van der Waals surface area contributed by atoms with Crippen molar-refractivity contribution in [3.63, 3.8) is 0 Å². The van der Waals surface area contributed by atoms with E-state index in [4.69, 9.17) is 4.74 Å². The molecule has 86 valence electrons. The van der Waals surface area contributed by atoms with Gasteiger partial charge in [-0.1, -0.05) is 30.7 Å². The maximum Gasteiger partial charge on any atom is 0.119 e. The van der Waals surface area contributed by atoms with E-state index in [0.717, 1.165) is 12.3 Å². The van der Waals surface area contributed by atoms with Crippen LogP contribution in [-0.2, 0) is 0 Å². The molecule has 1 aliphatic rings. The van der Waals surface area contributed by atoms with Gasteiger partial charge in [0, 0.05) is 6.04 Å². The zero-order valence-electron chi connectivity index (χ0n) is 9.78. The monoisotopic (exact) mass is 217 g/mol. The highest BCUT2D eigenvalue weighted by molar-refractivity contribution is 5.52. The highest BCUT2D eigenvalue weighted by atomic mass is 16.5. The van der Waals surface area contributed by atoms with Crippen molar-refractivity contribution in [3.05, 3.63) is 35.9 Å². The standard InChI is InChI=1S/C14H19NO/c1-16-14-7-4-5-12(11-14)8-9-13-6-2-3-10-15-13/h4-5,7-9,11,13,15H,2-3,6,10H2,1H3/b9-8+. The van der Waals surface area contributed by atoms with Crippen LogP contribution >= 0.6 is 0 Å². The molecule has 2 rings (SSSR count). The molecule has 16 heavy (non-hydrogen) atoms. The summed E-state index contributed by atoms with van der Waals surface area (Å²) in [6.45, 7) is 1.15. The Kier molecular flexibility index (Phi) is 4.00. The first-order valence-corrected chi connectivity index (χ1v) is 5.94. The van der Waals surface area contributed by atoms with Gasteiger partial charge in [0.25, 0.3) is 0 Å². The number of methoxy groups -OCH3 is 1. The van der Waals surface area contributed by atoms with Crippen LogP contribution in [0.5, 0.6) is 5.75 Å². The highest BCUT2D eigenvalue weighted by Gasteiger charge is 2.08. The average Bonchev–Trinajstić information content (AvgIpc) is 2.38. The number of piperidine rings is 1. The first kappa shape index (κ1) is 11.2. The second-order valence-corrected chi connectivity index (χ2v) is 4.19. The molecule has 0 amide bonds. The summed E-state index contributed by atoms with van der Waals surface area (Å²) < 4.78 is 5.20. The molecule has 1 atom stereocenters. The Balaban J connectivity index is 1.98. The third-order valence-electron chi connectivity index (χ3n) is 2.96. The van der Waals surface area contributed by atoms with Gasteiger partial charge in [0.15, 0.2) is 0 Å². The fourth-order valence-corrected chi connectivity index (χ4v) is 2.02. The Morgan fingerprint density at radius 2 is 2.31 bits per heavy atom. The van der Waals surface area contributed by atoms with Crippen molar-refractivity contribution in [2.45, 2.75) is 25.3 Å². The number of rotatable bonds is 3. The molecule has 1 saturated heterocycles. The van der Waals surface area contributed by atoms with E-state index in [9.17, 15) is 0 Å². The highest BCUT2D eigenvalue weighted by Crippen LogP contribution is 2.15. The van der Waals surface area contributed by atoms with Crippen LogP contribution in [0, 0.1) is 0 Å². The summed E-state index contributed by atoms with van der Waals surface area (Å²) in [6.07, 6.45) is 8.32. The Labute approximate surface area is 97.3 Å². The van der Waals surface area contributed by atoms with Gasteiger partial charge in [0.05, 0.1) is 7.11 Å². The van der Waals surface area contributed by atoms with E-state index < -0.39 is 0 Å². The van der Waals surface area contributed by atoms with Crippen LogP contribution in [0.25, 0.3) is 6.08 Å². The quantitative estimate of drug-likeness (QED) is 0.840. The summed E-state index contributed by atoms with van der Waals surface area (Å²) in [7, 11) is 1.70. The van der Waals surface area contributed by atoms with Crippen molar-refractivity contribution < 1.29 is 4.74 Å². The predicted octanol–water partition coefficient (Wildman–Crippen LogP) is 2.85. The molecule has 2 nitrogen and oxygen atoms in total. The van der Waals surface area contributed by atoms with E-state index in [2.05, 4.69) is 29.6 Å². The van der Waals surface area contributed by atoms with Crippen LogP contribution in [0.3, 0.4) is 0 Å². The zero-order valence-corrected chi connectivity index (χ0v) is 9.78. The molecular weight excluding hydrogens is 198 g/mol. The summed E-state index contributed by atoms with van der Waals surface area (Å²) in [5.74, 6) is 0.916. The van der Waals surface area contributed by atoms with E-state index in [0.29, 0.717) is 6.04 Å². The smallest absolute Gasteiger partial charge is 0.119 e. The van der Waals surface area contributed by atoms with Crippen molar-refractivity contribution in [1.29, 1.82) is 0 Å². The molecule has 1 unspecified atom stereocenters. The van der Waals surface area contributed by atoms with Gasteiger partial charge in [0.2, 0.25) is 0 Å². The molecule has 0 saturated carbocycles. The molecule has 0 bridgehead atoms. The minimum Gasteiger partial charge on any atom is -0.497 e. The minimum atomic E-state index is 0.542. The van der Waals surface area contributed by atoms with Gasteiger partial charge in [-0.2, -0.15) is 0 Å². The minimum absolute atomic E-state index is 0.542. The van der Waals surface area contributed by atoms with Gasteiger partial charge in [-0.25, -0.2) is 0 Å². The summed E-state index contributed by atoms with van der Waals surface area (Å²) in [4.78, 5) is 0. The lowest BCUT2D eigenvalue weighted by Crippen LogP contribution is -2.31. The molecule has 1 N–H and O–H groups in total. The van der Waals surface area contributed by atoms with Gasteiger partial charge < -0.3 is 10.1 Å². The number of hydrogen-bond donors (Lipinski definition) is 1. The van der Waals surface area contributed by atoms with E-state index in [1.165, 1.54) is 24.8 Å². The summed E-state index contributed by atoms with van der Waals surface area (Å²) in [5, 5.41) is 3.50. The van der Waals surface area contributed by atoms with E-state index in [-0.39, 0.29) is 0 Å². The number of ether oxygens (including phenoxy) is 1. The van der Waals surface area contributed by atoms with E-state index >= 15 is 0 Å². The number of hydrogen-bond acceptors (Lipinski definition) is 2. The third kappa shape index (κ3) is 3.11. The number of benzene rings is 1. The van der Waals surface area contributed by atoms with Crippen LogP contribution in [0.1, 0.15) is 24.8 Å². The maximum absolute atomic E-state index is 5.20. The van der Waals surface area contributed by atoms with Gasteiger partial charge in [-0.05, 0) is 37.1 Å². The fourth-order valence-electron chi connectivity index (χ4n) is 2.02. The van der Waals surface area contributed by atoms with Crippen LogP contribution in [0.15, 0.2) is 30.3 Å². The summed E-state index contributed by atoms with van der Waals surface area (Å²) >= 11 is 0. The molecular formula is C14H19NO. The van der Waals surface area contributed by atoms with Crippen LogP contribution in [-0.4, -0.2) is 19.7 Å². The first-order chi connectivity index (χ1) is 7.88. The van der Waals surface area contributed by atoms with Crippen molar-refractivity contribution in [2.75, 3.05) is 13.7 Å². The Hall–Kier alpha value is -1.28. The van der Waals surface area contributed by atoms with Crippen molar-refractivity contribution in [1.82, 2.24) is 5.32 Å². The van der Waals surface area contributed by atoms with Gasteiger partial charge >= 0.3 is 0 Å². The lowest BCUT2D eigenvalue weighted by molar-refractivity contribution is 0.414. The second kappa shape index (κ2) is 5.71. The van der Waals surface area contributed by atoms with Crippen molar-refractivity contribution in [2.24, 2.45) is 0 Å². The third-order valence-corrected chi connectivity index (χ3v) is 2.96. The molecule has 0 aliphatic carbocycles. The molecule has 2 heteroatoms. The summed E-state index contributed by atoms with van der Waals surface area (Å²) in [5.41, 5.74) is 1.20. The predicted molar refractivity (Wildman–Crippen MR) is 67.7 cm³/mol. The van der Waals surface area contributed by atoms with Crippen molar-refractivity contribution in [3.8, 4) is 5.75 Å². The van der Waals surface area contributed by atoms with Crippen molar-refractivity contribution >= 4 is 6.08 Å². The van der Waals surface area contributed by atoms with Crippen LogP contribution < -0.4 is 10.1 Å². The lowest BCUT2D eigenvalue weighted by atomic mass is 10.0. The average molecular weight is 217 g/mol. The molecule has 1 aromatic rings. The van der Waals surface area contributed by atoms with E-state index in [1.807, 2.05) is 12.1 Å². The molecule has 1 fully saturated rings. The lowest BCUT2D eigenvalue weighted by Gasteiger charge is -2.20. The molecule has 0 radical (unpaired) electrons. The van der Waals surface area contributed by atoms with Crippen LogP contribution in [0.2, 0.25) is 0 Å². The topological polar surface area (TPSA) is 21.3 Å². The SMILES string of the molecule is COc1cccc(/C=C/C2CCCCN2)c1. The normalized spacial score (nSPS) is 21.2. The Bertz CT molecular complexity index is 354.